The third-order valence-corrected chi connectivity index (χ3v) is 4.65. The van der Waals surface area contributed by atoms with Crippen molar-refractivity contribution in [1.29, 1.82) is 0 Å². The fourth-order valence-corrected chi connectivity index (χ4v) is 3.23. The van der Waals surface area contributed by atoms with Crippen LogP contribution in [0.1, 0.15) is 15.9 Å². The van der Waals surface area contributed by atoms with Gasteiger partial charge in [0.25, 0.3) is 0 Å². The zero-order valence-electron chi connectivity index (χ0n) is 16.2. The Hall–Kier alpha value is -4.14. The van der Waals surface area contributed by atoms with Crippen molar-refractivity contribution in [2.45, 2.75) is 6.42 Å². The number of hydrogen-bond donors (Lipinski definition) is 3. The molecule has 2 aromatic carbocycles. The van der Waals surface area contributed by atoms with Gasteiger partial charge in [-0.2, -0.15) is 0 Å². The smallest absolute Gasteiger partial charge is 0.335 e. The van der Waals surface area contributed by atoms with Crippen LogP contribution in [0.15, 0.2) is 42.6 Å². The van der Waals surface area contributed by atoms with Crippen molar-refractivity contribution in [2.75, 3.05) is 24.9 Å². The lowest BCUT2D eigenvalue weighted by molar-refractivity contribution is -0.115. The molecule has 0 aliphatic carbocycles. The third kappa shape index (κ3) is 3.60. The van der Waals surface area contributed by atoms with E-state index in [1.54, 1.807) is 44.7 Å². The van der Waals surface area contributed by atoms with Crippen LogP contribution in [0.4, 0.5) is 17.3 Å². The van der Waals surface area contributed by atoms with E-state index in [1.807, 2.05) is 0 Å². The molecule has 9 nitrogen and oxygen atoms in total. The lowest BCUT2D eigenvalue weighted by atomic mass is 10.0. The molecule has 0 saturated carbocycles. The topological polar surface area (TPSA) is 123 Å². The molecule has 9 heteroatoms. The summed E-state index contributed by atoms with van der Waals surface area (Å²) < 4.78 is 10.6. The zero-order valence-corrected chi connectivity index (χ0v) is 16.2. The van der Waals surface area contributed by atoms with Gasteiger partial charge in [0.1, 0.15) is 0 Å². The molecule has 4 rings (SSSR count). The molecular formula is C21H18N4O5. The van der Waals surface area contributed by atoms with Crippen molar-refractivity contribution in [3.63, 3.8) is 0 Å². The molecule has 1 aromatic heterocycles. The van der Waals surface area contributed by atoms with Crippen LogP contribution in [0.25, 0.3) is 11.3 Å². The van der Waals surface area contributed by atoms with Crippen LogP contribution in [0.2, 0.25) is 0 Å². The minimum absolute atomic E-state index is 0.0789. The van der Waals surface area contributed by atoms with Crippen LogP contribution in [0, 0.1) is 0 Å². The van der Waals surface area contributed by atoms with Gasteiger partial charge in [0, 0.05) is 29.1 Å². The van der Waals surface area contributed by atoms with Gasteiger partial charge in [0.15, 0.2) is 11.5 Å². The number of anilines is 3. The average molecular weight is 406 g/mol. The molecule has 3 aromatic rings. The summed E-state index contributed by atoms with van der Waals surface area (Å²) in [5.41, 5.74) is 2.99. The number of aromatic carboxylic acids is 1. The lowest BCUT2D eigenvalue weighted by Gasteiger charge is -2.12. The minimum Gasteiger partial charge on any atom is -0.493 e. The number of nitrogens with one attached hydrogen (secondary N) is 2. The van der Waals surface area contributed by atoms with Gasteiger partial charge < -0.3 is 25.2 Å². The average Bonchev–Trinajstić information content (AvgIpc) is 2.88. The largest absolute Gasteiger partial charge is 0.493 e. The van der Waals surface area contributed by atoms with E-state index >= 15 is 0 Å². The van der Waals surface area contributed by atoms with E-state index < -0.39 is 5.97 Å². The molecular weight excluding hydrogens is 388 g/mol. The fraction of sp³-hybridized carbons (Fsp3) is 0.143. The third-order valence-electron chi connectivity index (χ3n) is 4.65. The van der Waals surface area contributed by atoms with E-state index in [0.29, 0.717) is 45.6 Å². The molecule has 0 fully saturated rings. The number of carboxylic acids is 1. The minimum atomic E-state index is -1.07. The van der Waals surface area contributed by atoms with Crippen LogP contribution in [0.3, 0.4) is 0 Å². The van der Waals surface area contributed by atoms with Gasteiger partial charge >= 0.3 is 5.97 Å². The highest BCUT2D eigenvalue weighted by Gasteiger charge is 2.22. The number of rotatable bonds is 5. The number of hydrogen-bond acceptors (Lipinski definition) is 7. The molecule has 0 saturated heterocycles. The van der Waals surface area contributed by atoms with Crippen LogP contribution in [-0.2, 0) is 11.2 Å². The highest BCUT2D eigenvalue weighted by Crippen LogP contribution is 2.35. The summed E-state index contributed by atoms with van der Waals surface area (Å²) >= 11 is 0. The second-order valence-corrected chi connectivity index (χ2v) is 6.55. The van der Waals surface area contributed by atoms with E-state index in [4.69, 9.17) is 9.47 Å². The fourth-order valence-electron chi connectivity index (χ4n) is 3.23. The summed E-state index contributed by atoms with van der Waals surface area (Å²) in [5, 5.41) is 15.1. The molecule has 3 N–H and O–H groups in total. The van der Waals surface area contributed by atoms with Crippen molar-refractivity contribution < 1.29 is 24.2 Å². The molecule has 30 heavy (non-hydrogen) atoms. The summed E-state index contributed by atoms with van der Waals surface area (Å²) in [5.74, 6) is 0.137. The van der Waals surface area contributed by atoms with Gasteiger partial charge in [-0.3, -0.25) is 4.79 Å². The highest BCUT2D eigenvalue weighted by atomic mass is 16.5. The van der Waals surface area contributed by atoms with Crippen molar-refractivity contribution >= 4 is 29.2 Å². The molecule has 0 radical (unpaired) electrons. The van der Waals surface area contributed by atoms with Crippen molar-refractivity contribution in [3.05, 3.63) is 53.7 Å². The van der Waals surface area contributed by atoms with Crippen LogP contribution in [0.5, 0.6) is 11.5 Å². The first-order valence-corrected chi connectivity index (χ1v) is 9.01. The Kier molecular flexibility index (Phi) is 4.93. The summed E-state index contributed by atoms with van der Waals surface area (Å²) in [6, 6.07) is 9.85. The maximum atomic E-state index is 12.2. The SMILES string of the molecule is COc1ccc(Nc2ncc3c(n2)-c2ccc(C(=O)O)cc2NC(=O)C3)cc1OC. The molecule has 1 aliphatic rings. The number of benzene rings is 2. The number of aromatic nitrogens is 2. The Bertz CT molecular complexity index is 1160. The van der Waals surface area contributed by atoms with E-state index in [9.17, 15) is 14.7 Å². The second-order valence-electron chi connectivity index (χ2n) is 6.55. The Labute approximate surface area is 171 Å². The monoisotopic (exact) mass is 406 g/mol. The quantitative estimate of drug-likeness (QED) is 0.591. The maximum Gasteiger partial charge on any atom is 0.335 e. The molecule has 2 heterocycles. The first-order chi connectivity index (χ1) is 14.5. The Morgan fingerprint density at radius 1 is 1.13 bits per heavy atom. The number of fused-ring (bicyclic) bond motifs is 3. The number of carbonyl (C=O) groups excluding carboxylic acids is 1. The van der Waals surface area contributed by atoms with Crippen LogP contribution in [-0.4, -0.2) is 41.2 Å². The number of ether oxygens (including phenoxy) is 2. The van der Waals surface area contributed by atoms with E-state index in [1.165, 1.54) is 12.1 Å². The number of methoxy groups -OCH3 is 2. The molecule has 0 unspecified atom stereocenters. The van der Waals surface area contributed by atoms with Crippen LogP contribution >= 0.6 is 0 Å². The molecule has 1 amide bonds. The van der Waals surface area contributed by atoms with Gasteiger partial charge in [-0.15, -0.1) is 0 Å². The van der Waals surface area contributed by atoms with E-state index in [0.717, 1.165) is 0 Å². The number of carbonyl (C=O) groups is 2. The van der Waals surface area contributed by atoms with Crippen molar-refractivity contribution in [1.82, 2.24) is 9.97 Å². The maximum absolute atomic E-state index is 12.2. The van der Waals surface area contributed by atoms with Gasteiger partial charge in [-0.05, 0) is 30.3 Å². The number of amides is 1. The Balaban J connectivity index is 1.74. The van der Waals surface area contributed by atoms with E-state index in [2.05, 4.69) is 20.6 Å². The Morgan fingerprint density at radius 3 is 2.67 bits per heavy atom. The molecule has 0 bridgehead atoms. The Morgan fingerprint density at radius 2 is 1.93 bits per heavy atom. The second kappa shape index (κ2) is 7.70. The predicted octanol–water partition coefficient (Wildman–Crippen LogP) is 3.10. The summed E-state index contributed by atoms with van der Waals surface area (Å²) in [6.07, 6.45) is 1.67. The summed E-state index contributed by atoms with van der Waals surface area (Å²) in [4.78, 5) is 32.4. The van der Waals surface area contributed by atoms with Gasteiger partial charge in [0.2, 0.25) is 11.9 Å². The molecule has 152 valence electrons. The zero-order chi connectivity index (χ0) is 21.3. The van der Waals surface area contributed by atoms with Crippen LogP contribution < -0.4 is 20.1 Å². The van der Waals surface area contributed by atoms with E-state index in [-0.39, 0.29) is 17.9 Å². The molecule has 1 aliphatic heterocycles. The highest BCUT2D eigenvalue weighted by molar-refractivity contribution is 6.02. The number of nitrogens with zero attached hydrogens (tertiary/aromatic N) is 2. The molecule has 0 atom stereocenters. The normalized spacial score (nSPS) is 12.1. The summed E-state index contributed by atoms with van der Waals surface area (Å²) in [6.45, 7) is 0. The number of carboxylic acid groups (broad SMARTS) is 1. The lowest BCUT2D eigenvalue weighted by Crippen LogP contribution is -2.13. The van der Waals surface area contributed by atoms with Crippen molar-refractivity contribution in [3.8, 4) is 22.8 Å². The first-order valence-electron chi connectivity index (χ1n) is 9.01. The molecule has 0 spiro atoms. The summed E-state index contributed by atoms with van der Waals surface area (Å²) in [7, 11) is 3.11. The van der Waals surface area contributed by atoms with Gasteiger partial charge in [-0.25, -0.2) is 14.8 Å². The van der Waals surface area contributed by atoms with Crippen molar-refractivity contribution in [2.24, 2.45) is 0 Å². The first kappa shape index (κ1) is 19.2. The predicted molar refractivity (Wildman–Crippen MR) is 110 cm³/mol. The van der Waals surface area contributed by atoms with Gasteiger partial charge in [-0.1, -0.05) is 0 Å². The van der Waals surface area contributed by atoms with Gasteiger partial charge in [0.05, 0.1) is 37.6 Å². The standard InChI is InChI=1S/C21H18N4O5/c1-29-16-6-4-13(9-17(16)30-2)23-21-22-10-12-8-18(26)24-15-7-11(20(27)28)3-5-14(15)19(12)25-21/h3-7,9-10H,8H2,1-2H3,(H,24,26)(H,27,28)(H,22,23,25).